The molecule has 2 rings (SSSR count). The fourth-order valence-electron chi connectivity index (χ4n) is 2.53. The van der Waals surface area contributed by atoms with Crippen molar-refractivity contribution >= 4 is 6.09 Å². The van der Waals surface area contributed by atoms with Gasteiger partial charge in [-0.1, -0.05) is 0 Å². The van der Waals surface area contributed by atoms with Crippen molar-refractivity contribution in [2.24, 2.45) is 0 Å². The molecule has 1 aliphatic heterocycles. The number of pyridine rings is 1. The van der Waals surface area contributed by atoms with Crippen LogP contribution in [-0.2, 0) is 17.7 Å². The third kappa shape index (κ3) is 5.01. The zero-order chi connectivity index (χ0) is 15.5. The summed E-state index contributed by atoms with van der Waals surface area (Å²) in [5.41, 5.74) is 2.21. The van der Waals surface area contributed by atoms with Gasteiger partial charge in [0.25, 0.3) is 0 Å². The Labute approximate surface area is 126 Å². The summed E-state index contributed by atoms with van der Waals surface area (Å²) in [6.07, 6.45) is 4.46. The number of aromatic nitrogens is 1. The molecule has 1 amide bonds. The van der Waals surface area contributed by atoms with Crippen molar-refractivity contribution < 1.29 is 9.53 Å². The van der Waals surface area contributed by atoms with E-state index < -0.39 is 5.60 Å². The summed E-state index contributed by atoms with van der Waals surface area (Å²) in [7, 11) is 0. The van der Waals surface area contributed by atoms with Crippen LogP contribution in [0.1, 0.15) is 38.8 Å². The molecule has 0 aliphatic carbocycles. The first-order valence-electron chi connectivity index (χ1n) is 7.47. The van der Waals surface area contributed by atoms with Crippen LogP contribution in [0.3, 0.4) is 0 Å². The van der Waals surface area contributed by atoms with Crippen molar-refractivity contribution in [1.29, 1.82) is 0 Å². The van der Waals surface area contributed by atoms with Gasteiger partial charge in [-0.2, -0.15) is 0 Å². The van der Waals surface area contributed by atoms with E-state index in [9.17, 15) is 4.79 Å². The first kappa shape index (κ1) is 15.8. The highest BCUT2D eigenvalue weighted by atomic mass is 16.6. The number of hydrogen-bond donors (Lipinski definition) is 1. The van der Waals surface area contributed by atoms with Crippen LogP contribution in [0, 0.1) is 0 Å². The predicted octanol–water partition coefficient (Wildman–Crippen LogP) is 2.35. The standard InChI is InChI=1S/C16H25N3O2/c1-12(18-15(20)21-16(2,3)4)10-19-8-6-13-9-17-7-5-14(13)11-19/h5,7,9,12H,6,8,10-11H2,1-4H3,(H,18,20). The lowest BCUT2D eigenvalue weighted by Crippen LogP contribution is -2.45. The van der Waals surface area contributed by atoms with Gasteiger partial charge in [-0.05, 0) is 51.3 Å². The summed E-state index contributed by atoms with van der Waals surface area (Å²) in [6.45, 7) is 10.3. The van der Waals surface area contributed by atoms with Gasteiger partial charge in [-0.15, -0.1) is 0 Å². The number of amides is 1. The molecular formula is C16H25N3O2. The molecule has 2 heterocycles. The highest BCUT2D eigenvalue weighted by molar-refractivity contribution is 5.68. The lowest BCUT2D eigenvalue weighted by atomic mass is 10.0. The molecule has 0 fully saturated rings. The van der Waals surface area contributed by atoms with Crippen LogP contribution in [0.2, 0.25) is 0 Å². The Morgan fingerprint density at radius 2 is 2.24 bits per heavy atom. The average molecular weight is 291 g/mol. The van der Waals surface area contributed by atoms with E-state index in [-0.39, 0.29) is 12.1 Å². The molecule has 0 aromatic carbocycles. The topological polar surface area (TPSA) is 54.5 Å². The van der Waals surface area contributed by atoms with Crippen LogP contribution in [0.4, 0.5) is 4.79 Å². The number of carbonyl (C=O) groups excluding carboxylic acids is 1. The van der Waals surface area contributed by atoms with Gasteiger partial charge in [0.2, 0.25) is 0 Å². The van der Waals surface area contributed by atoms with E-state index in [1.165, 1.54) is 11.1 Å². The Morgan fingerprint density at radius 3 is 2.95 bits per heavy atom. The number of hydrogen-bond acceptors (Lipinski definition) is 4. The van der Waals surface area contributed by atoms with Gasteiger partial charge < -0.3 is 10.1 Å². The van der Waals surface area contributed by atoms with Crippen LogP contribution < -0.4 is 5.32 Å². The molecule has 5 heteroatoms. The fourth-order valence-corrected chi connectivity index (χ4v) is 2.53. The van der Waals surface area contributed by atoms with Crippen molar-refractivity contribution in [3.05, 3.63) is 29.6 Å². The summed E-state index contributed by atoms with van der Waals surface area (Å²) in [5, 5.41) is 2.89. The number of nitrogens with zero attached hydrogens (tertiary/aromatic N) is 2. The van der Waals surface area contributed by atoms with Crippen LogP contribution in [0.25, 0.3) is 0 Å². The number of ether oxygens (including phenoxy) is 1. The molecule has 21 heavy (non-hydrogen) atoms. The molecule has 116 valence electrons. The Bertz CT molecular complexity index is 497. The van der Waals surface area contributed by atoms with Crippen LogP contribution in [0.5, 0.6) is 0 Å². The first-order chi connectivity index (χ1) is 9.83. The molecule has 0 radical (unpaired) electrons. The fraction of sp³-hybridized carbons (Fsp3) is 0.625. The summed E-state index contributed by atoms with van der Waals surface area (Å²) in [4.78, 5) is 18.3. The Hall–Kier alpha value is -1.62. The van der Waals surface area contributed by atoms with E-state index in [1.807, 2.05) is 40.1 Å². The molecule has 0 saturated heterocycles. The molecule has 0 bridgehead atoms. The molecule has 1 unspecified atom stereocenters. The van der Waals surface area contributed by atoms with Gasteiger partial charge in [-0.3, -0.25) is 9.88 Å². The van der Waals surface area contributed by atoms with E-state index >= 15 is 0 Å². The lowest BCUT2D eigenvalue weighted by Gasteiger charge is -2.31. The monoisotopic (exact) mass is 291 g/mol. The number of rotatable bonds is 3. The van der Waals surface area contributed by atoms with E-state index in [4.69, 9.17) is 4.74 Å². The van der Waals surface area contributed by atoms with E-state index in [1.54, 1.807) is 0 Å². The van der Waals surface area contributed by atoms with Gasteiger partial charge in [0, 0.05) is 38.1 Å². The van der Waals surface area contributed by atoms with Crippen LogP contribution in [0.15, 0.2) is 18.5 Å². The zero-order valence-corrected chi connectivity index (χ0v) is 13.3. The molecule has 1 aromatic rings. The van der Waals surface area contributed by atoms with E-state index in [0.717, 1.165) is 26.1 Å². The van der Waals surface area contributed by atoms with Crippen molar-refractivity contribution in [1.82, 2.24) is 15.2 Å². The number of alkyl carbamates (subject to hydrolysis) is 1. The second kappa shape index (κ2) is 6.43. The molecule has 1 aliphatic rings. The lowest BCUT2D eigenvalue weighted by molar-refractivity contribution is 0.0495. The van der Waals surface area contributed by atoms with Gasteiger partial charge in [-0.25, -0.2) is 4.79 Å². The second-order valence-electron chi connectivity index (χ2n) is 6.68. The minimum atomic E-state index is -0.457. The third-order valence-electron chi connectivity index (χ3n) is 3.39. The Morgan fingerprint density at radius 1 is 1.48 bits per heavy atom. The summed E-state index contributed by atoms with van der Waals surface area (Å²) < 4.78 is 5.28. The quantitative estimate of drug-likeness (QED) is 0.929. The predicted molar refractivity (Wildman–Crippen MR) is 82.0 cm³/mol. The Kier molecular flexibility index (Phi) is 4.83. The maximum absolute atomic E-state index is 11.7. The van der Waals surface area contributed by atoms with Crippen molar-refractivity contribution in [3.8, 4) is 0 Å². The van der Waals surface area contributed by atoms with E-state index in [2.05, 4.69) is 21.3 Å². The largest absolute Gasteiger partial charge is 0.444 e. The molecule has 5 nitrogen and oxygen atoms in total. The number of nitrogens with one attached hydrogen (secondary N) is 1. The molecule has 1 atom stereocenters. The molecule has 1 N–H and O–H groups in total. The molecule has 0 saturated carbocycles. The van der Waals surface area contributed by atoms with Gasteiger partial charge >= 0.3 is 6.09 Å². The highest BCUT2D eigenvalue weighted by Crippen LogP contribution is 2.17. The van der Waals surface area contributed by atoms with Crippen molar-refractivity contribution in [2.45, 2.75) is 52.3 Å². The summed E-state index contributed by atoms with van der Waals surface area (Å²) in [5.74, 6) is 0. The molecule has 0 spiro atoms. The molecular weight excluding hydrogens is 266 g/mol. The third-order valence-corrected chi connectivity index (χ3v) is 3.39. The summed E-state index contributed by atoms with van der Waals surface area (Å²) >= 11 is 0. The number of carbonyl (C=O) groups is 1. The normalized spacial score (nSPS) is 17.0. The van der Waals surface area contributed by atoms with Gasteiger partial charge in [0.15, 0.2) is 0 Å². The zero-order valence-electron chi connectivity index (χ0n) is 13.3. The maximum atomic E-state index is 11.7. The van der Waals surface area contributed by atoms with Crippen molar-refractivity contribution in [2.75, 3.05) is 13.1 Å². The first-order valence-corrected chi connectivity index (χ1v) is 7.47. The van der Waals surface area contributed by atoms with Crippen LogP contribution >= 0.6 is 0 Å². The van der Waals surface area contributed by atoms with Crippen molar-refractivity contribution in [3.63, 3.8) is 0 Å². The second-order valence-corrected chi connectivity index (χ2v) is 6.68. The minimum absolute atomic E-state index is 0.0586. The average Bonchev–Trinajstić information content (AvgIpc) is 2.35. The van der Waals surface area contributed by atoms with Crippen LogP contribution in [-0.4, -0.2) is 40.7 Å². The summed E-state index contributed by atoms with van der Waals surface area (Å²) in [6, 6.07) is 2.14. The number of fused-ring (bicyclic) bond motifs is 1. The van der Waals surface area contributed by atoms with E-state index in [0.29, 0.717) is 0 Å². The smallest absolute Gasteiger partial charge is 0.407 e. The molecule has 1 aromatic heterocycles. The maximum Gasteiger partial charge on any atom is 0.407 e. The van der Waals surface area contributed by atoms with Gasteiger partial charge in [0.1, 0.15) is 5.60 Å². The van der Waals surface area contributed by atoms with Gasteiger partial charge in [0.05, 0.1) is 0 Å². The SMILES string of the molecule is CC(CN1CCc2cnccc2C1)NC(=O)OC(C)(C)C. The highest BCUT2D eigenvalue weighted by Gasteiger charge is 2.21. The Balaban J connectivity index is 1.82. The minimum Gasteiger partial charge on any atom is -0.444 e.